The Morgan fingerprint density at radius 1 is 1.06 bits per heavy atom. The number of hydrogen-bond donors (Lipinski definition) is 1. The molecule has 1 unspecified atom stereocenters. The highest BCUT2D eigenvalue weighted by Crippen LogP contribution is 2.28. The van der Waals surface area contributed by atoms with Crippen molar-refractivity contribution in [2.75, 3.05) is 20.1 Å². The van der Waals surface area contributed by atoms with Gasteiger partial charge in [0.15, 0.2) is 0 Å². The van der Waals surface area contributed by atoms with Crippen molar-refractivity contribution in [3.63, 3.8) is 0 Å². The smallest absolute Gasteiger partial charge is 0.00705 e. The van der Waals surface area contributed by atoms with Crippen LogP contribution in [0, 0.1) is 11.8 Å². The lowest BCUT2D eigenvalue weighted by Gasteiger charge is -2.37. The highest BCUT2D eigenvalue weighted by Gasteiger charge is 2.26. The van der Waals surface area contributed by atoms with Crippen molar-refractivity contribution in [2.45, 2.75) is 70.9 Å². The number of nitrogens with one attached hydrogen (secondary N) is 1. The summed E-state index contributed by atoms with van der Waals surface area (Å²) < 4.78 is 0. The number of piperidine rings is 1. The SMILES string of the molecule is CCC1CCC(NC(C)C2CCN(C)CC2)CC1. The van der Waals surface area contributed by atoms with E-state index in [1.54, 1.807) is 0 Å². The van der Waals surface area contributed by atoms with Crippen LogP contribution in [0.15, 0.2) is 0 Å². The van der Waals surface area contributed by atoms with Crippen LogP contribution in [0.4, 0.5) is 0 Å². The van der Waals surface area contributed by atoms with Crippen LogP contribution < -0.4 is 5.32 Å². The molecule has 18 heavy (non-hydrogen) atoms. The summed E-state index contributed by atoms with van der Waals surface area (Å²) in [5.41, 5.74) is 0. The van der Waals surface area contributed by atoms with Gasteiger partial charge in [0.2, 0.25) is 0 Å². The Morgan fingerprint density at radius 3 is 2.22 bits per heavy atom. The largest absolute Gasteiger partial charge is 0.311 e. The molecule has 2 heteroatoms. The summed E-state index contributed by atoms with van der Waals surface area (Å²) in [6.45, 7) is 7.35. The lowest BCUT2D eigenvalue weighted by Crippen LogP contribution is -2.45. The first-order valence-electron chi connectivity index (χ1n) is 8.13. The molecule has 1 heterocycles. The Morgan fingerprint density at radius 2 is 1.67 bits per heavy atom. The van der Waals surface area contributed by atoms with Crippen molar-refractivity contribution in [3.8, 4) is 0 Å². The molecule has 2 nitrogen and oxygen atoms in total. The topological polar surface area (TPSA) is 15.3 Å². The summed E-state index contributed by atoms with van der Waals surface area (Å²) in [4.78, 5) is 2.47. The molecule has 0 amide bonds. The quantitative estimate of drug-likeness (QED) is 0.826. The summed E-state index contributed by atoms with van der Waals surface area (Å²) in [5, 5.41) is 3.93. The maximum absolute atomic E-state index is 3.93. The molecule has 2 aliphatic rings. The Labute approximate surface area is 114 Å². The van der Waals surface area contributed by atoms with Gasteiger partial charge in [-0.1, -0.05) is 13.3 Å². The van der Waals surface area contributed by atoms with Gasteiger partial charge in [0.05, 0.1) is 0 Å². The van der Waals surface area contributed by atoms with E-state index in [0.717, 1.165) is 23.9 Å². The molecule has 0 aromatic heterocycles. The van der Waals surface area contributed by atoms with Gasteiger partial charge in [0.25, 0.3) is 0 Å². The maximum Gasteiger partial charge on any atom is 0.00705 e. The third-order valence-corrected chi connectivity index (χ3v) is 5.39. The van der Waals surface area contributed by atoms with Crippen LogP contribution in [0.1, 0.15) is 58.8 Å². The zero-order valence-electron chi connectivity index (χ0n) is 12.6. The highest BCUT2D eigenvalue weighted by atomic mass is 15.1. The molecule has 0 bridgehead atoms. The molecule has 1 saturated heterocycles. The van der Waals surface area contributed by atoms with E-state index in [2.05, 4.69) is 31.1 Å². The Balaban J connectivity index is 1.69. The number of nitrogens with zero attached hydrogens (tertiary/aromatic N) is 1. The fourth-order valence-electron chi connectivity index (χ4n) is 3.77. The van der Waals surface area contributed by atoms with E-state index in [1.807, 2.05) is 0 Å². The molecule has 1 aliphatic heterocycles. The third-order valence-electron chi connectivity index (χ3n) is 5.39. The minimum Gasteiger partial charge on any atom is -0.311 e. The third kappa shape index (κ3) is 3.96. The van der Waals surface area contributed by atoms with Gasteiger partial charge in [0, 0.05) is 12.1 Å². The van der Waals surface area contributed by atoms with Crippen LogP contribution >= 0.6 is 0 Å². The minimum absolute atomic E-state index is 0.724. The second-order valence-electron chi connectivity index (χ2n) is 6.72. The predicted octanol–water partition coefficient (Wildman–Crippen LogP) is 3.28. The van der Waals surface area contributed by atoms with Gasteiger partial charge in [0.1, 0.15) is 0 Å². The summed E-state index contributed by atoms with van der Waals surface area (Å²) in [6.07, 6.45) is 9.88. The van der Waals surface area contributed by atoms with E-state index in [0.29, 0.717) is 0 Å². The summed E-state index contributed by atoms with van der Waals surface area (Å²) in [7, 11) is 2.25. The van der Waals surface area contributed by atoms with Gasteiger partial charge >= 0.3 is 0 Å². The molecule has 106 valence electrons. The van der Waals surface area contributed by atoms with Crippen molar-refractivity contribution in [3.05, 3.63) is 0 Å². The summed E-state index contributed by atoms with van der Waals surface area (Å²) in [6, 6.07) is 1.53. The van der Waals surface area contributed by atoms with Gasteiger partial charge in [-0.15, -0.1) is 0 Å². The number of hydrogen-bond acceptors (Lipinski definition) is 2. The maximum atomic E-state index is 3.93. The number of likely N-dealkylation sites (tertiary alicyclic amines) is 1. The van der Waals surface area contributed by atoms with E-state index in [4.69, 9.17) is 0 Å². The Kier molecular flexibility index (Phi) is 5.50. The van der Waals surface area contributed by atoms with Crippen LogP contribution in [-0.4, -0.2) is 37.1 Å². The zero-order chi connectivity index (χ0) is 13.0. The average Bonchev–Trinajstić information content (AvgIpc) is 2.40. The molecule has 1 atom stereocenters. The van der Waals surface area contributed by atoms with E-state index in [1.165, 1.54) is 58.0 Å². The lowest BCUT2D eigenvalue weighted by atomic mass is 9.83. The first kappa shape index (κ1) is 14.3. The van der Waals surface area contributed by atoms with Crippen molar-refractivity contribution in [1.29, 1.82) is 0 Å². The Hall–Kier alpha value is -0.0800. The normalized spacial score (nSPS) is 33.5. The molecule has 0 spiro atoms. The minimum atomic E-state index is 0.724. The van der Waals surface area contributed by atoms with Crippen molar-refractivity contribution in [2.24, 2.45) is 11.8 Å². The van der Waals surface area contributed by atoms with Crippen LogP contribution in [0.3, 0.4) is 0 Å². The van der Waals surface area contributed by atoms with E-state index < -0.39 is 0 Å². The average molecular weight is 252 g/mol. The second kappa shape index (κ2) is 6.91. The van der Waals surface area contributed by atoms with Gasteiger partial charge in [-0.3, -0.25) is 0 Å². The molecule has 2 rings (SSSR count). The van der Waals surface area contributed by atoms with E-state index in [-0.39, 0.29) is 0 Å². The van der Waals surface area contributed by atoms with Gasteiger partial charge in [-0.25, -0.2) is 0 Å². The van der Waals surface area contributed by atoms with Crippen LogP contribution in [0.5, 0.6) is 0 Å². The lowest BCUT2D eigenvalue weighted by molar-refractivity contribution is 0.173. The fraction of sp³-hybridized carbons (Fsp3) is 1.00. The van der Waals surface area contributed by atoms with Crippen molar-refractivity contribution in [1.82, 2.24) is 10.2 Å². The van der Waals surface area contributed by atoms with E-state index in [9.17, 15) is 0 Å². The Bertz CT molecular complexity index is 225. The molecule has 0 aromatic carbocycles. The zero-order valence-corrected chi connectivity index (χ0v) is 12.6. The summed E-state index contributed by atoms with van der Waals surface area (Å²) in [5.74, 6) is 1.92. The fourth-order valence-corrected chi connectivity index (χ4v) is 3.77. The van der Waals surface area contributed by atoms with Gasteiger partial charge in [-0.2, -0.15) is 0 Å². The molecule has 1 N–H and O–H groups in total. The van der Waals surface area contributed by atoms with Crippen molar-refractivity contribution >= 4 is 0 Å². The van der Waals surface area contributed by atoms with Gasteiger partial charge < -0.3 is 10.2 Å². The molecule has 1 aliphatic carbocycles. The van der Waals surface area contributed by atoms with Crippen LogP contribution in [0.2, 0.25) is 0 Å². The second-order valence-corrected chi connectivity index (χ2v) is 6.72. The van der Waals surface area contributed by atoms with Gasteiger partial charge in [-0.05, 0) is 77.4 Å². The molecule has 2 fully saturated rings. The van der Waals surface area contributed by atoms with Crippen molar-refractivity contribution < 1.29 is 0 Å². The molecule has 0 aromatic rings. The molecular formula is C16H32N2. The highest BCUT2D eigenvalue weighted by molar-refractivity contribution is 4.83. The first-order chi connectivity index (χ1) is 8.69. The first-order valence-corrected chi connectivity index (χ1v) is 8.13. The molecule has 0 radical (unpaired) electrons. The monoisotopic (exact) mass is 252 g/mol. The summed E-state index contributed by atoms with van der Waals surface area (Å²) >= 11 is 0. The van der Waals surface area contributed by atoms with Crippen LogP contribution in [-0.2, 0) is 0 Å². The molecular weight excluding hydrogens is 220 g/mol. The van der Waals surface area contributed by atoms with E-state index >= 15 is 0 Å². The molecule has 1 saturated carbocycles. The standard InChI is InChI=1S/C16H32N2/c1-4-14-5-7-16(8-6-14)17-13(2)15-9-11-18(3)12-10-15/h13-17H,4-12H2,1-3H3. The predicted molar refractivity (Wildman–Crippen MR) is 78.9 cm³/mol. The number of rotatable bonds is 4. The van der Waals surface area contributed by atoms with Crippen LogP contribution in [0.25, 0.3) is 0 Å².